The molecular weight excluding hydrogens is 340 g/mol. The summed E-state index contributed by atoms with van der Waals surface area (Å²) in [5, 5.41) is 0. The molecule has 7 heteroatoms. The molecule has 0 amide bonds. The molecule has 3 rings (SSSR count). The van der Waals surface area contributed by atoms with Gasteiger partial charge in [-0.1, -0.05) is 30.3 Å². The molecule has 0 saturated carbocycles. The average molecular weight is 352 g/mol. The fourth-order valence-electron chi connectivity index (χ4n) is 2.11. The van der Waals surface area contributed by atoms with Crippen LogP contribution in [0, 0.1) is 5.82 Å². The monoisotopic (exact) mass is 352 g/mol. The van der Waals surface area contributed by atoms with Crippen molar-refractivity contribution in [1.82, 2.24) is 4.98 Å². The zero-order valence-electron chi connectivity index (χ0n) is 12.2. The number of alkyl halides is 3. The number of aromatic nitrogens is 1. The van der Waals surface area contributed by atoms with Crippen molar-refractivity contribution in [3.05, 3.63) is 72.2 Å². The van der Waals surface area contributed by atoms with Crippen LogP contribution in [-0.2, 0) is 6.18 Å². The van der Waals surface area contributed by atoms with Crippen molar-refractivity contribution in [1.29, 1.82) is 0 Å². The lowest BCUT2D eigenvalue weighted by atomic mass is 10.2. The third-order valence-corrected chi connectivity index (χ3v) is 4.11. The second-order valence-corrected chi connectivity index (χ2v) is 5.89. The molecule has 2 aromatic carbocycles. The van der Waals surface area contributed by atoms with E-state index in [1.54, 1.807) is 6.20 Å². The van der Waals surface area contributed by atoms with E-state index < -0.39 is 17.6 Å². The topological polar surface area (TPSA) is 27.8 Å². The number of nitrogens with one attached hydrogen (secondary N) is 2. The Kier molecular flexibility index (Phi) is 4.53. The Morgan fingerprint density at radius 2 is 1.71 bits per heavy atom. The average Bonchev–Trinajstić information content (AvgIpc) is 3.02. The first-order valence-corrected chi connectivity index (χ1v) is 7.78. The highest BCUT2D eigenvalue weighted by Crippen LogP contribution is 2.33. The first-order valence-electron chi connectivity index (χ1n) is 6.97. The zero-order valence-corrected chi connectivity index (χ0v) is 13.0. The minimum absolute atomic E-state index is 0.00420. The quantitative estimate of drug-likeness (QED) is 0.448. The van der Waals surface area contributed by atoms with Crippen LogP contribution in [0.15, 0.2) is 65.7 Å². The summed E-state index contributed by atoms with van der Waals surface area (Å²) >= 11 is 1.11. The molecule has 0 spiro atoms. The fraction of sp³-hybridized carbons (Fsp3) is 0.0588. The summed E-state index contributed by atoms with van der Waals surface area (Å²) in [7, 11) is 0. The van der Waals surface area contributed by atoms with Crippen molar-refractivity contribution in [2.45, 2.75) is 11.1 Å². The van der Waals surface area contributed by atoms with Gasteiger partial charge in [0.25, 0.3) is 0 Å². The van der Waals surface area contributed by atoms with E-state index in [1.807, 2.05) is 36.4 Å². The molecule has 0 atom stereocenters. The number of halogens is 4. The maximum absolute atomic E-state index is 13.8. The van der Waals surface area contributed by atoms with Crippen LogP contribution in [0.3, 0.4) is 0 Å². The molecule has 24 heavy (non-hydrogen) atoms. The fourth-order valence-corrected chi connectivity index (χ4v) is 2.79. The van der Waals surface area contributed by atoms with Gasteiger partial charge in [0.1, 0.15) is 5.82 Å². The van der Waals surface area contributed by atoms with Crippen LogP contribution >= 0.6 is 11.9 Å². The van der Waals surface area contributed by atoms with Gasteiger partial charge in [0.05, 0.1) is 11.3 Å². The second-order valence-electron chi connectivity index (χ2n) is 5.01. The van der Waals surface area contributed by atoms with Crippen LogP contribution in [0.5, 0.6) is 0 Å². The largest absolute Gasteiger partial charge is 0.416 e. The molecule has 0 radical (unpaired) electrons. The highest BCUT2D eigenvalue weighted by Gasteiger charge is 2.31. The van der Waals surface area contributed by atoms with Crippen molar-refractivity contribution >= 4 is 17.6 Å². The normalized spacial score (nSPS) is 11.5. The molecule has 0 saturated heterocycles. The van der Waals surface area contributed by atoms with Gasteiger partial charge >= 0.3 is 6.18 Å². The van der Waals surface area contributed by atoms with Gasteiger partial charge < -0.3 is 9.71 Å². The van der Waals surface area contributed by atoms with Crippen LogP contribution in [0.25, 0.3) is 11.3 Å². The van der Waals surface area contributed by atoms with E-state index in [1.165, 1.54) is 0 Å². The van der Waals surface area contributed by atoms with Gasteiger partial charge in [0, 0.05) is 16.8 Å². The number of anilines is 1. The van der Waals surface area contributed by atoms with Crippen LogP contribution in [0.4, 0.5) is 23.2 Å². The van der Waals surface area contributed by atoms with E-state index in [2.05, 4.69) is 9.71 Å². The third kappa shape index (κ3) is 3.73. The van der Waals surface area contributed by atoms with Crippen LogP contribution in [0.2, 0.25) is 0 Å². The Labute approximate surface area is 140 Å². The number of rotatable bonds is 4. The molecule has 2 N–H and O–H groups in total. The summed E-state index contributed by atoms with van der Waals surface area (Å²) in [4.78, 5) is 3.88. The van der Waals surface area contributed by atoms with Crippen molar-refractivity contribution in [2.24, 2.45) is 0 Å². The molecular formula is C17H12F4N2S. The Balaban J connectivity index is 1.69. The molecule has 0 aliphatic heterocycles. The lowest BCUT2D eigenvalue weighted by Gasteiger charge is -2.09. The van der Waals surface area contributed by atoms with Crippen LogP contribution in [0.1, 0.15) is 5.56 Å². The van der Waals surface area contributed by atoms with E-state index in [0.29, 0.717) is 6.07 Å². The van der Waals surface area contributed by atoms with Gasteiger partial charge in [-0.15, -0.1) is 0 Å². The molecule has 3 aromatic rings. The minimum Gasteiger partial charge on any atom is -0.360 e. The maximum atomic E-state index is 13.8. The SMILES string of the molecule is Fc1cc(C(F)(F)F)ccc1NSc1c[nH]c(-c2ccccc2)c1. The van der Waals surface area contributed by atoms with Crippen LogP contribution in [-0.4, -0.2) is 4.98 Å². The summed E-state index contributed by atoms with van der Waals surface area (Å²) < 4.78 is 54.1. The third-order valence-electron chi connectivity index (χ3n) is 3.32. The highest BCUT2D eigenvalue weighted by atomic mass is 32.2. The number of hydrogen-bond acceptors (Lipinski definition) is 2. The summed E-state index contributed by atoms with van der Waals surface area (Å²) in [5.41, 5.74) is 0.886. The molecule has 124 valence electrons. The lowest BCUT2D eigenvalue weighted by Crippen LogP contribution is -2.05. The predicted molar refractivity (Wildman–Crippen MR) is 87.1 cm³/mol. The zero-order chi connectivity index (χ0) is 17.2. The molecule has 2 nitrogen and oxygen atoms in total. The number of hydrogen-bond donors (Lipinski definition) is 2. The minimum atomic E-state index is -4.56. The maximum Gasteiger partial charge on any atom is 0.416 e. The Hall–Kier alpha value is -2.41. The molecule has 1 aromatic heterocycles. The van der Waals surface area contributed by atoms with Gasteiger partial charge in [0.2, 0.25) is 0 Å². The van der Waals surface area contributed by atoms with Crippen molar-refractivity contribution < 1.29 is 17.6 Å². The van der Waals surface area contributed by atoms with Crippen molar-refractivity contribution in [3.63, 3.8) is 0 Å². The number of H-pyrrole nitrogens is 1. The van der Waals surface area contributed by atoms with E-state index >= 15 is 0 Å². The first-order chi connectivity index (χ1) is 11.4. The van der Waals surface area contributed by atoms with Gasteiger partial charge in [-0.25, -0.2) is 4.39 Å². The smallest absolute Gasteiger partial charge is 0.360 e. The molecule has 0 fully saturated rings. The summed E-state index contributed by atoms with van der Waals surface area (Å²) in [6.45, 7) is 0. The molecule has 0 aliphatic carbocycles. The van der Waals surface area contributed by atoms with Gasteiger partial charge in [-0.2, -0.15) is 13.2 Å². The Morgan fingerprint density at radius 1 is 0.958 bits per heavy atom. The Morgan fingerprint density at radius 3 is 2.38 bits per heavy atom. The summed E-state index contributed by atoms with van der Waals surface area (Å²) in [6, 6.07) is 13.9. The predicted octanol–water partition coefficient (Wildman–Crippen LogP) is 5.96. The van der Waals surface area contributed by atoms with Crippen molar-refractivity contribution in [3.8, 4) is 11.3 Å². The number of aromatic amines is 1. The van der Waals surface area contributed by atoms with Crippen LogP contribution < -0.4 is 4.72 Å². The molecule has 0 aliphatic rings. The molecule has 0 bridgehead atoms. The van der Waals surface area contributed by atoms with Gasteiger partial charge in [-0.05, 0) is 41.8 Å². The Bertz CT molecular complexity index is 828. The molecule has 0 unspecified atom stereocenters. The summed E-state index contributed by atoms with van der Waals surface area (Å²) in [5.74, 6) is -0.948. The first kappa shape index (κ1) is 16.4. The van der Waals surface area contributed by atoms with Gasteiger partial charge in [0.15, 0.2) is 0 Å². The molecule has 1 heterocycles. The van der Waals surface area contributed by atoms with E-state index in [0.717, 1.165) is 40.2 Å². The van der Waals surface area contributed by atoms with Crippen molar-refractivity contribution in [2.75, 3.05) is 4.72 Å². The highest BCUT2D eigenvalue weighted by molar-refractivity contribution is 8.00. The number of benzene rings is 2. The lowest BCUT2D eigenvalue weighted by molar-refractivity contribution is -0.137. The van der Waals surface area contributed by atoms with E-state index in [4.69, 9.17) is 0 Å². The summed E-state index contributed by atoms with van der Waals surface area (Å²) in [6.07, 6.45) is -2.82. The van der Waals surface area contributed by atoms with Gasteiger partial charge in [-0.3, -0.25) is 0 Å². The van der Waals surface area contributed by atoms with E-state index in [-0.39, 0.29) is 5.69 Å². The second kappa shape index (κ2) is 6.60. The standard InChI is InChI=1S/C17H12F4N2S/c18-14-8-12(17(19,20)21)6-7-15(14)23-24-13-9-16(22-10-13)11-4-2-1-3-5-11/h1-10,22-23H. The van der Waals surface area contributed by atoms with E-state index in [9.17, 15) is 17.6 Å².